The molecule has 2 aliphatic heterocycles. The lowest BCUT2D eigenvalue weighted by Gasteiger charge is -2.22. The molecule has 0 spiro atoms. The van der Waals surface area contributed by atoms with Gasteiger partial charge in [0.15, 0.2) is 28.6 Å². The largest absolute Gasteiger partial charge is 0.503 e. The molecule has 1 saturated heterocycles. The molecule has 1 aliphatic carbocycles. The summed E-state index contributed by atoms with van der Waals surface area (Å²) in [4.78, 5) is 116. The van der Waals surface area contributed by atoms with Crippen molar-refractivity contribution in [1.29, 1.82) is 0 Å². The highest BCUT2D eigenvalue weighted by atomic mass is 35.5. The van der Waals surface area contributed by atoms with Crippen molar-refractivity contribution in [2.45, 2.75) is 51.4 Å². The normalized spacial score (nSPS) is 17.3. The molecule has 426 valence electrons. The second kappa shape index (κ2) is 24.1. The van der Waals surface area contributed by atoms with Crippen LogP contribution >= 0.6 is 46.7 Å². The molecule has 34 heteroatoms. The summed E-state index contributed by atoms with van der Waals surface area (Å²) in [5.74, 6) is 1.58. The maximum atomic E-state index is 13.7. The van der Waals surface area contributed by atoms with Crippen molar-refractivity contribution in [3.05, 3.63) is 134 Å². The Bertz CT molecular complexity index is 3850. The molecule has 4 aromatic rings. The zero-order chi connectivity index (χ0) is 58.9. The summed E-state index contributed by atoms with van der Waals surface area (Å²) < 4.78 is 75.6. The molecule has 3 heterocycles. The first-order chi connectivity index (χ1) is 37.4. The van der Waals surface area contributed by atoms with Gasteiger partial charge in [-0.05, 0) is 53.9 Å². The van der Waals surface area contributed by atoms with E-state index >= 15 is 0 Å². The lowest BCUT2D eigenvalue weighted by atomic mass is 9.89. The Morgan fingerprint density at radius 1 is 0.963 bits per heavy atom. The summed E-state index contributed by atoms with van der Waals surface area (Å²) in [5.41, 5.74) is -3.88. The van der Waals surface area contributed by atoms with Crippen molar-refractivity contribution in [3.63, 3.8) is 0 Å². The quantitative estimate of drug-likeness (QED) is 0.0145. The summed E-state index contributed by atoms with van der Waals surface area (Å²) in [6.45, 7) is 1.38. The second-order valence-electron chi connectivity index (χ2n) is 17.4. The fraction of sp³-hybridized carbons (Fsp3) is 0.283. The van der Waals surface area contributed by atoms with Crippen LogP contribution in [0, 0.1) is 27.9 Å². The summed E-state index contributed by atoms with van der Waals surface area (Å²) in [5, 5.41) is 46.0. The number of rotatable bonds is 20. The van der Waals surface area contributed by atoms with Crippen molar-refractivity contribution in [3.8, 4) is 51.5 Å². The molecule has 0 bridgehead atoms. The highest BCUT2D eigenvalue weighted by molar-refractivity contribution is 7.66. The monoisotopic (exact) mass is 1210 g/mol. The Morgan fingerprint density at radius 3 is 2.30 bits per heavy atom. The van der Waals surface area contributed by atoms with Crippen LogP contribution in [0.1, 0.15) is 70.0 Å². The van der Waals surface area contributed by atoms with Crippen molar-refractivity contribution >= 4 is 75.2 Å². The standard InChI is InChI=1S/C46H43Cl2N4O25P3/c1-20(2)40(72-18-23-17-51(46(60)50-44(23)57)34-16-30(53)33(74-34)19-73-79(66,67)77-80(68,69)76-78(63,64)65)25-9-7-21(12-29(25)52(61)62)6-5-11-49-43(56)22-8-10-24(45(58)59)26(13-22)35-27-14-31(70-3)38(54)36(47)41(27)75-42-28(35)15-32(71-4)39(55)37(42)48/h7-10,12-15,17,20,30,33-34,40,53-54H,11,16,18-19H2,1-4H3,(H,49,56)(H,58,59)(H,66,67)(H,68,69)(H,50,57,60)(H2,63,64,65)/t30-,33-,34-,40?/m1/s1. The van der Waals surface area contributed by atoms with Gasteiger partial charge in [-0.15, -0.1) is 0 Å². The lowest BCUT2D eigenvalue weighted by Crippen LogP contribution is -2.34. The number of phenolic OH excluding ortho intramolecular Hbond substituents is 1. The van der Waals surface area contributed by atoms with Crippen molar-refractivity contribution in [2.24, 2.45) is 5.92 Å². The number of ether oxygens (including phenoxy) is 4. The molecule has 1 fully saturated rings. The van der Waals surface area contributed by atoms with E-state index in [0.717, 1.165) is 22.9 Å². The highest BCUT2D eigenvalue weighted by Gasteiger charge is 2.43. The highest BCUT2D eigenvalue weighted by Crippen LogP contribution is 2.66. The third-order valence-electron chi connectivity index (χ3n) is 11.8. The van der Waals surface area contributed by atoms with Crippen LogP contribution in [-0.2, 0) is 42.9 Å². The third kappa shape index (κ3) is 13.5. The van der Waals surface area contributed by atoms with Crippen LogP contribution in [-0.4, -0.2) is 101 Å². The number of nitrogens with zero attached hydrogens (tertiary/aromatic N) is 2. The van der Waals surface area contributed by atoms with Crippen molar-refractivity contribution < 1.29 is 99.6 Å². The number of amides is 1. The Balaban J connectivity index is 1.08. The summed E-state index contributed by atoms with van der Waals surface area (Å²) in [7, 11) is -14.7. The molecule has 0 saturated carbocycles. The molecule has 1 amide bonds. The molecule has 3 unspecified atom stereocenters. The zero-order valence-electron chi connectivity index (χ0n) is 41.4. The van der Waals surface area contributed by atoms with Crippen LogP contribution in [0.25, 0.3) is 33.4 Å². The number of aromatic amines is 1. The van der Waals surface area contributed by atoms with Gasteiger partial charge in [0.25, 0.3) is 17.2 Å². The van der Waals surface area contributed by atoms with Gasteiger partial charge in [0, 0.05) is 46.3 Å². The Kier molecular flexibility index (Phi) is 18.3. The first kappa shape index (κ1) is 60.8. The van der Waals surface area contributed by atoms with Gasteiger partial charge in [0.05, 0.1) is 67.8 Å². The number of phosphoric ester groups is 1. The zero-order valence-corrected chi connectivity index (χ0v) is 45.6. The number of phenols is 1. The maximum Gasteiger partial charge on any atom is 0.490 e. The number of benzene rings is 4. The van der Waals surface area contributed by atoms with Gasteiger partial charge in [-0.2, -0.15) is 8.62 Å². The van der Waals surface area contributed by atoms with E-state index in [4.69, 9.17) is 56.4 Å². The smallest absolute Gasteiger partial charge is 0.490 e. The number of nitrogens with one attached hydrogen (secondary N) is 2. The number of phosphoric acid groups is 3. The van der Waals surface area contributed by atoms with Crippen LogP contribution in [0.5, 0.6) is 17.2 Å². The molecule has 9 N–H and O–H groups in total. The molecule has 6 atom stereocenters. The SMILES string of the molecule is COc1cc2c(-c3cc(C(=O)NCC#Cc4ccc(C(OCc5cn([C@H]6C[C@@H](O)[C@@H](COP(=O)(O)OP(=O)(O)OP(=O)(O)O)O6)c(=O)[nH]c5=O)C(C)C)c([N+](=O)[O-])c4)ccc3C(=O)O)c3cc(OC)c(=O)c(Cl)c-3oc2c(Cl)c1O. The number of aliphatic hydroxyl groups is 1. The molecule has 1 aromatic heterocycles. The molecule has 0 radical (unpaired) electrons. The van der Waals surface area contributed by atoms with Gasteiger partial charge < -0.3 is 63.6 Å². The number of aliphatic hydroxyl groups excluding tert-OH is 1. The van der Waals surface area contributed by atoms with E-state index < -0.39 is 123 Å². The first-order valence-electron chi connectivity index (χ1n) is 22.7. The van der Waals surface area contributed by atoms with Crippen LogP contribution in [0.4, 0.5) is 5.69 Å². The summed E-state index contributed by atoms with van der Waals surface area (Å²) in [6.07, 6.45) is -4.92. The molecule has 80 heavy (non-hydrogen) atoms. The fourth-order valence-electron chi connectivity index (χ4n) is 8.25. The van der Waals surface area contributed by atoms with Gasteiger partial charge in [0.2, 0.25) is 5.43 Å². The number of halogens is 2. The van der Waals surface area contributed by atoms with Crippen LogP contribution in [0.15, 0.2) is 73.5 Å². The predicted molar refractivity (Wildman–Crippen MR) is 277 cm³/mol. The van der Waals surface area contributed by atoms with Crippen LogP contribution in [0.3, 0.4) is 0 Å². The Morgan fingerprint density at radius 2 is 1.66 bits per heavy atom. The van der Waals surface area contributed by atoms with Crippen LogP contribution < -0.4 is 31.5 Å². The summed E-state index contributed by atoms with van der Waals surface area (Å²) >= 11 is 13.0. The third-order valence-corrected chi connectivity index (χ3v) is 16.3. The van der Waals surface area contributed by atoms with Crippen LogP contribution in [0.2, 0.25) is 10.0 Å². The van der Waals surface area contributed by atoms with Crippen molar-refractivity contribution in [1.82, 2.24) is 14.9 Å². The van der Waals surface area contributed by atoms with Crippen molar-refractivity contribution in [2.75, 3.05) is 27.4 Å². The maximum absolute atomic E-state index is 13.7. The minimum atomic E-state index is -5.86. The number of aromatic carboxylic acids is 1. The van der Waals surface area contributed by atoms with E-state index in [1.807, 2.05) is 0 Å². The number of hydrogen-bond donors (Lipinski definition) is 9. The number of carboxylic acid groups (broad SMARTS) is 1. The number of methoxy groups -OCH3 is 2. The topological polar surface area (TPSA) is 432 Å². The molecular weight excluding hydrogens is 1170 g/mol. The molecule has 7 rings (SSSR count). The van der Waals surface area contributed by atoms with Gasteiger partial charge in [-0.25, -0.2) is 23.3 Å². The first-order valence-corrected chi connectivity index (χ1v) is 28.0. The molecule has 3 aliphatic rings. The lowest BCUT2D eigenvalue weighted by molar-refractivity contribution is -0.386. The number of H-pyrrole nitrogens is 1. The van der Waals surface area contributed by atoms with Gasteiger partial charge >= 0.3 is 35.1 Å². The summed E-state index contributed by atoms with van der Waals surface area (Å²) in [6, 6.07) is 10.1. The number of carboxylic acids is 1. The molecule has 29 nitrogen and oxygen atoms in total. The number of hydrogen-bond acceptors (Lipinski definition) is 20. The Hall–Kier alpha value is -6.80. The number of carbonyl (C=O) groups excluding carboxylic acids is 1. The Labute approximate surface area is 458 Å². The number of nitro benzene ring substituents is 1. The van der Waals surface area contributed by atoms with E-state index in [2.05, 4.69) is 35.3 Å². The molecule has 3 aromatic carbocycles. The minimum Gasteiger partial charge on any atom is -0.503 e. The number of carbonyl (C=O) groups is 2. The van der Waals surface area contributed by atoms with E-state index in [-0.39, 0.29) is 84.3 Å². The number of aromatic hydroxyl groups is 1. The van der Waals surface area contributed by atoms with E-state index in [9.17, 15) is 72.9 Å². The average Bonchev–Trinajstić information content (AvgIpc) is 3.74. The second-order valence-corrected chi connectivity index (χ2v) is 22.6. The minimum absolute atomic E-state index is 0.0411. The van der Waals surface area contributed by atoms with E-state index in [1.54, 1.807) is 13.8 Å². The number of nitro groups is 1. The van der Waals surface area contributed by atoms with Gasteiger partial charge in [-0.1, -0.05) is 48.9 Å². The van der Waals surface area contributed by atoms with Gasteiger partial charge in [-0.3, -0.25) is 38.6 Å². The van der Waals surface area contributed by atoms with Gasteiger partial charge in [0.1, 0.15) is 22.4 Å². The van der Waals surface area contributed by atoms with E-state index in [0.29, 0.717) is 0 Å². The number of fused-ring (bicyclic) bond motifs is 2. The number of aromatic nitrogens is 2. The predicted octanol–water partition coefficient (Wildman–Crippen LogP) is 5.74. The molecular formula is C46H43Cl2N4O25P3. The van der Waals surface area contributed by atoms with E-state index in [1.165, 1.54) is 50.6 Å². The average molecular weight is 1220 g/mol. The fourth-order valence-corrected chi connectivity index (χ4v) is 11.7.